The van der Waals surface area contributed by atoms with Gasteiger partial charge in [-0.3, -0.25) is 0 Å². The van der Waals surface area contributed by atoms with Gasteiger partial charge in [0.2, 0.25) is 0 Å². The van der Waals surface area contributed by atoms with Crippen LogP contribution in [0.4, 0.5) is 0 Å². The first-order chi connectivity index (χ1) is 11.2. The van der Waals surface area contributed by atoms with Crippen LogP contribution in [0.15, 0.2) is 42.5 Å². The van der Waals surface area contributed by atoms with Crippen molar-refractivity contribution in [2.45, 2.75) is 84.0 Å². The number of unbranched alkanes of at least 4 members (excludes halogenated alkanes) is 3. The first kappa shape index (κ1) is 20.2. The van der Waals surface area contributed by atoms with Gasteiger partial charge in [0.25, 0.3) is 0 Å². The Kier molecular flexibility index (Phi) is 10.2. The molecule has 1 nitrogen and oxygen atoms in total. The quantitative estimate of drug-likeness (QED) is 0.222. The van der Waals surface area contributed by atoms with Gasteiger partial charge in [-0.25, -0.2) is 0 Å². The number of rotatable bonds is 12. The smallest absolute Gasteiger partial charge is 0.192 e. The Bertz CT molecular complexity index is 414. The van der Waals surface area contributed by atoms with Crippen molar-refractivity contribution in [3.63, 3.8) is 0 Å². The highest BCUT2D eigenvalue weighted by Crippen LogP contribution is 2.32. The summed E-state index contributed by atoms with van der Waals surface area (Å²) < 4.78 is 6.79. The molecule has 0 fully saturated rings. The van der Waals surface area contributed by atoms with E-state index in [0.29, 0.717) is 0 Å². The van der Waals surface area contributed by atoms with Crippen LogP contribution in [0.1, 0.15) is 71.5 Å². The molecule has 130 valence electrons. The molecule has 0 aliphatic carbocycles. The summed E-state index contributed by atoms with van der Waals surface area (Å²) in [6.07, 6.45) is 11.1. The Morgan fingerprint density at radius 2 is 1.57 bits per heavy atom. The van der Waals surface area contributed by atoms with Crippen LogP contribution in [-0.4, -0.2) is 8.32 Å². The third kappa shape index (κ3) is 7.05. The molecule has 0 heterocycles. The van der Waals surface area contributed by atoms with Crippen LogP contribution in [0.5, 0.6) is 0 Å². The summed E-state index contributed by atoms with van der Waals surface area (Å²) in [6, 6.07) is 14.4. The highest BCUT2D eigenvalue weighted by Gasteiger charge is 2.32. The number of benzene rings is 1. The predicted octanol–water partition coefficient (Wildman–Crippen LogP) is 7.28. The molecule has 1 unspecified atom stereocenters. The number of allylic oxidation sites excluding steroid dienone is 1. The molecule has 0 aromatic heterocycles. The lowest BCUT2D eigenvalue weighted by Crippen LogP contribution is -2.37. The van der Waals surface area contributed by atoms with Gasteiger partial charge in [0.1, 0.15) is 0 Å². The molecule has 0 saturated carbocycles. The van der Waals surface area contributed by atoms with Gasteiger partial charge in [-0.05, 0) is 43.0 Å². The van der Waals surface area contributed by atoms with Crippen molar-refractivity contribution in [1.82, 2.24) is 0 Å². The number of hydrogen-bond acceptors (Lipinski definition) is 1. The maximum atomic E-state index is 6.79. The highest BCUT2D eigenvalue weighted by molar-refractivity contribution is 6.73. The molecular weight excluding hydrogens is 296 g/mol. The van der Waals surface area contributed by atoms with Crippen LogP contribution >= 0.6 is 0 Å². The van der Waals surface area contributed by atoms with E-state index in [-0.39, 0.29) is 6.10 Å². The molecule has 0 spiro atoms. The van der Waals surface area contributed by atoms with E-state index in [1.807, 2.05) is 0 Å². The summed E-state index contributed by atoms with van der Waals surface area (Å²) in [5.74, 6) is 0. The van der Waals surface area contributed by atoms with E-state index < -0.39 is 8.32 Å². The van der Waals surface area contributed by atoms with Gasteiger partial charge in [-0.15, -0.1) is 0 Å². The Morgan fingerprint density at radius 1 is 0.913 bits per heavy atom. The summed E-state index contributed by atoms with van der Waals surface area (Å²) in [4.78, 5) is 0. The fourth-order valence-electron chi connectivity index (χ4n) is 3.07. The van der Waals surface area contributed by atoms with Crippen LogP contribution < -0.4 is 0 Å². The molecule has 1 atom stereocenters. The van der Waals surface area contributed by atoms with E-state index in [9.17, 15) is 0 Å². The average molecular weight is 333 g/mol. The lowest BCUT2D eigenvalue weighted by molar-refractivity contribution is 0.193. The SMILES string of the molecule is CCCCC/C=C/CC(O[Si](CC)(CC)CC)c1ccccc1. The molecule has 1 aromatic carbocycles. The molecule has 1 aromatic rings. The van der Waals surface area contributed by atoms with Crippen molar-refractivity contribution in [3.8, 4) is 0 Å². The summed E-state index contributed by atoms with van der Waals surface area (Å²) in [6.45, 7) is 9.18. The van der Waals surface area contributed by atoms with Gasteiger partial charge in [0.05, 0.1) is 6.10 Å². The molecule has 0 aliphatic heterocycles. The third-order valence-corrected chi connectivity index (χ3v) is 9.64. The first-order valence-corrected chi connectivity index (χ1v) is 12.1. The second kappa shape index (κ2) is 11.6. The number of hydrogen-bond donors (Lipinski definition) is 0. The van der Waals surface area contributed by atoms with E-state index in [0.717, 1.165) is 6.42 Å². The van der Waals surface area contributed by atoms with Crippen LogP contribution in [-0.2, 0) is 4.43 Å². The molecular formula is C21H36OSi. The van der Waals surface area contributed by atoms with E-state index in [2.05, 4.69) is 70.2 Å². The third-order valence-electron chi connectivity index (χ3n) is 4.99. The first-order valence-electron chi connectivity index (χ1n) is 9.59. The molecule has 23 heavy (non-hydrogen) atoms. The zero-order valence-electron chi connectivity index (χ0n) is 15.7. The maximum Gasteiger partial charge on any atom is 0.192 e. The topological polar surface area (TPSA) is 9.23 Å². The van der Waals surface area contributed by atoms with Gasteiger partial charge in [-0.2, -0.15) is 0 Å². The van der Waals surface area contributed by atoms with E-state index in [4.69, 9.17) is 4.43 Å². The standard InChI is InChI=1S/C21H36OSi/c1-5-9-10-11-12-16-19-21(20-17-14-13-15-18-20)22-23(6-2,7-3)8-4/h12-18,21H,5-11,19H2,1-4H3/b16-12+. The highest BCUT2D eigenvalue weighted by atomic mass is 28.4. The molecule has 0 radical (unpaired) electrons. The van der Waals surface area contributed by atoms with Crippen molar-refractivity contribution in [1.29, 1.82) is 0 Å². The molecule has 0 N–H and O–H groups in total. The minimum absolute atomic E-state index is 0.227. The van der Waals surface area contributed by atoms with Crippen molar-refractivity contribution in [3.05, 3.63) is 48.0 Å². The van der Waals surface area contributed by atoms with Crippen molar-refractivity contribution in [2.75, 3.05) is 0 Å². The van der Waals surface area contributed by atoms with E-state index in [1.165, 1.54) is 49.4 Å². The van der Waals surface area contributed by atoms with E-state index >= 15 is 0 Å². The van der Waals surface area contributed by atoms with Crippen LogP contribution in [0.2, 0.25) is 18.1 Å². The van der Waals surface area contributed by atoms with Crippen molar-refractivity contribution in [2.24, 2.45) is 0 Å². The largest absolute Gasteiger partial charge is 0.410 e. The predicted molar refractivity (Wildman–Crippen MR) is 105 cm³/mol. The zero-order valence-corrected chi connectivity index (χ0v) is 16.7. The Balaban J connectivity index is 2.74. The van der Waals surface area contributed by atoms with E-state index in [1.54, 1.807) is 0 Å². The molecule has 0 aliphatic rings. The Morgan fingerprint density at radius 3 is 2.13 bits per heavy atom. The normalized spacial score (nSPS) is 13.6. The van der Waals surface area contributed by atoms with Crippen molar-refractivity contribution >= 4 is 8.32 Å². The second-order valence-corrected chi connectivity index (χ2v) is 11.2. The van der Waals surface area contributed by atoms with Gasteiger partial charge in [0, 0.05) is 0 Å². The minimum atomic E-state index is -1.58. The van der Waals surface area contributed by atoms with Gasteiger partial charge in [0.15, 0.2) is 8.32 Å². The molecule has 0 bridgehead atoms. The summed E-state index contributed by atoms with van der Waals surface area (Å²) in [5, 5.41) is 0. The lowest BCUT2D eigenvalue weighted by atomic mass is 10.1. The minimum Gasteiger partial charge on any atom is -0.410 e. The van der Waals surface area contributed by atoms with Crippen LogP contribution in [0.25, 0.3) is 0 Å². The monoisotopic (exact) mass is 332 g/mol. The molecule has 1 rings (SSSR count). The van der Waals surface area contributed by atoms with Crippen LogP contribution in [0, 0.1) is 0 Å². The summed E-state index contributed by atoms with van der Waals surface area (Å²) in [5.41, 5.74) is 1.33. The Hall–Kier alpha value is -0.863. The van der Waals surface area contributed by atoms with Crippen molar-refractivity contribution < 1.29 is 4.43 Å². The maximum absolute atomic E-state index is 6.79. The van der Waals surface area contributed by atoms with Gasteiger partial charge < -0.3 is 4.43 Å². The average Bonchev–Trinajstić information content (AvgIpc) is 2.62. The van der Waals surface area contributed by atoms with Gasteiger partial charge >= 0.3 is 0 Å². The second-order valence-electron chi connectivity index (χ2n) is 6.46. The van der Waals surface area contributed by atoms with Crippen LogP contribution in [0.3, 0.4) is 0 Å². The zero-order chi connectivity index (χ0) is 17.0. The molecule has 0 saturated heterocycles. The fraction of sp³-hybridized carbons (Fsp3) is 0.619. The lowest BCUT2D eigenvalue weighted by Gasteiger charge is -2.33. The molecule has 2 heteroatoms. The fourth-order valence-corrected chi connectivity index (χ4v) is 5.91. The Labute approximate surface area is 145 Å². The van der Waals surface area contributed by atoms with Gasteiger partial charge in [-0.1, -0.05) is 83.0 Å². The molecule has 0 amide bonds. The summed E-state index contributed by atoms with van der Waals surface area (Å²) in [7, 11) is -1.58. The summed E-state index contributed by atoms with van der Waals surface area (Å²) >= 11 is 0.